The molecule has 1 unspecified atom stereocenters. The first-order chi connectivity index (χ1) is 5.50. The summed E-state index contributed by atoms with van der Waals surface area (Å²) in [5, 5.41) is 0. The third-order valence-corrected chi connectivity index (χ3v) is 2.40. The van der Waals surface area contributed by atoms with Crippen LogP contribution >= 0.6 is 0 Å². The van der Waals surface area contributed by atoms with Crippen LogP contribution in [0.3, 0.4) is 0 Å². The van der Waals surface area contributed by atoms with Gasteiger partial charge in [0.05, 0.1) is 0 Å². The molecule has 68 valence electrons. The number of allylic oxidation sites excluding steroid dienone is 5. The molecule has 1 atom stereocenters. The van der Waals surface area contributed by atoms with Gasteiger partial charge in [-0.1, -0.05) is 36.8 Å². The van der Waals surface area contributed by atoms with E-state index in [0.717, 1.165) is 0 Å². The minimum Gasteiger partial charge on any atom is -0.0959 e. The molecule has 0 radical (unpaired) electrons. The normalized spacial score (nSPS) is 16.1. The minimum atomic E-state index is 0.534. The first-order valence-electron chi connectivity index (χ1n) is 4.46. The molecule has 0 fully saturated rings. The van der Waals surface area contributed by atoms with E-state index in [0.29, 0.717) is 5.92 Å². The van der Waals surface area contributed by atoms with Crippen LogP contribution in [0.5, 0.6) is 0 Å². The third-order valence-electron chi connectivity index (χ3n) is 2.40. The average Bonchev–Trinajstić information content (AvgIpc) is 2.02. The van der Waals surface area contributed by atoms with Gasteiger partial charge in [0.15, 0.2) is 0 Å². The number of rotatable bonds is 3. The molecule has 0 saturated heterocycles. The second kappa shape index (κ2) is 4.97. The first-order valence-corrected chi connectivity index (χ1v) is 4.46. The van der Waals surface area contributed by atoms with E-state index in [9.17, 15) is 0 Å². The van der Waals surface area contributed by atoms with E-state index < -0.39 is 0 Å². The topological polar surface area (TPSA) is 0 Å². The van der Waals surface area contributed by atoms with Crippen LogP contribution in [0.2, 0.25) is 0 Å². The Balaban J connectivity index is 4.65. The Morgan fingerprint density at radius 1 is 1.25 bits per heavy atom. The number of hydrogen-bond acceptors (Lipinski definition) is 0. The lowest BCUT2D eigenvalue weighted by Gasteiger charge is -2.11. The summed E-state index contributed by atoms with van der Waals surface area (Å²) in [5.41, 5.74) is 3.92. The highest BCUT2D eigenvalue weighted by Crippen LogP contribution is 2.19. The third kappa shape index (κ3) is 3.08. The van der Waals surface area contributed by atoms with Gasteiger partial charge in [-0.25, -0.2) is 0 Å². The molecule has 0 aromatic carbocycles. The SMILES string of the molecule is C=C(C)/C(C)=C(\C)C(C)/C=C/C. The van der Waals surface area contributed by atoms with Crippen molar-refractivity contribution in [1.29, 1.82) is 0 Å². The van der Waals surface area contributed by atoms with Gasteiger partial charge in [-0.05, 0) is 39.2 Å². The van der Waals surface area contributed by atoms with Crippen LogP contribution in [0.25, 0.3) is 0 Å². The van der Waals surface area contributed by atoms with E-state index >= 15 is 0 Å². The summed E-state index contributed by atoms with van der Waals surface area (Å²) in [6.07, 6.45) is 4.31. The molecular formula is C12H20. The molecule has 0 aliphatic heterocycles. The van der Waals surface area contributed by atoms with E-state index in [1.54, 1.807) is 0 Å². The van der Waals surface area contributed by atoms with Crippen molar-refractivity contribution in [1.82, 2.24) is 0 Å². The van der Waals surface area contributed by atoms with Gasteiger partial charge in [-0.3, -0.25) is 0 Å². The molecule has 0 bridgehead atoms. The molecule has 0 heteroatoms. The monoisotopic (exact) mass is 164 g/mol. The fraction of sp³-hybridized carbons (Fsp3) is 0.500. The fourth-order valence-electron chi connectivity index (χ4n) is 1.11. The van der Waals surface area contributed by atoms with Gasteiger partial charge >= 0.3 is 0 Å². The molecule has 0 aromatic rings. The van der Waals surface area contributed by atoms with Gasteiger partial charge in [-0.2, -0.15) is 0 Å². The van der Waals surface area contributed by atoms with Crippen LogP contribution in [-0.2, 0) is 0 Å². The lowest BCUT2D eigenvalue weighted by Crippen LogP contribution is -1.95. The highest BCUT2D eigenvalue weighted by Gasteiger charge is 2.03. The van der Waals surface area contributed by atoms with Crippen LogP contribution in [0.15, 0.2) is 35.5 Å². The fourth-order valence-corrected chi connectivity index (χ4v) is 1.11. The largest absolute Gasteiger partial charge is 0.0959 e. The van der Waals surface area contributed by atoms with Gasteiger partial charge in [0, 0.05) is 0 Å². The van der Waals surface area contributed by atoms with Crippen LogP contribution in [0, 0.1) is 5.92 Å². The zero-order chi connectivity index (χ0) is 9.72. The quantitative estimate of drug-likeness (QED) is 0.435. The molecule has 0 aliphatic rings. The Kier molecular flexibility index (Phi) is 4.65. The summed E-state index contributed by atoms with van der Waals surface area (Å²) in [6.45, 7) is 14.6. The zero-order valence-corrected chi connectivity index (χ0v) is 8.94. The highest BCUT2D eigenvalue weighted by molar-refractivity contribution is 5.31. The summed E-state index contributed by atoms with van der Waals surface area (Å²) >= 11 is 0. The average molecular weight is 164 g/mol. The van der Waals surface area contributed by atoms with Crippen LogP contribution < -0.4 is 0 Å². The Bertz CT molecular complexity index is 216. The van der Waals surface area contributed by atoms with Crippen molar-refractivity contribution in [2.24, 2.45) is 5.92 Å². The maximum Gasteiger partial charge on any atom is -0.00487 e. The molecule has 0 aliphatic carbocycles. The van der Waals surface area contributed by atoms with E-state index in [4.69, 9.17) is 0 Å². The van der Waals surface area contributed by atoms with Gasteiger partial charge in [0.25, 0.3) is 0 Å². The Morgan fingerprint density at radius 3 is 2.08 bits per heavy atom. The van der Waals surface area contributed by atoms with Crippen molar-refractivity contribution in [3.05, 3.63) is 35.5 Å². The molecule has 12 heavy (non-hydrogen) atoms. The van der Waals surface area contributed by atoms with Gasteiger partial charge in [-0.15, -0.1) is 0 Å². The summed E-state index contributed by atoms with van der Waals surface area (Å²) in [7, 11) is 0. The molecule has 0 spiro atoms. The summed E-state index contributed by atoms with van der Waals surface area (Å²) < 4.78 is 0. The van der Waals surface area contributed by atoms with Crippen molar-refractivity contribution in [2.45, 2.75) is 34.6 Å². The first kappa shape index (κ1) is 11.2. The predicted octanol–water partition coefficient (Wildman–Crippen LogP) is 4.11. The molecule has 0 amide bonds. The molecule has 0 N–H and O–H groups in total. The molecule has 0 nitrogen and oxygen atoms in total. The Morgan fingerprint density at radius 2 is 1.75 bits per heavy atom. The van der Waals surface area contributed by atoms with Gasteiger partial charge < -0.3 is 0 Å². The molecule has 0 rings (SSSR count). The highest BCUT2D eigenvalue weighted by atomic mass is 14.1. The van der Waals surface area contributed by atoms with Gasteiger partial charge in [0.2, 0.25) is 0 Å². The maximum atomic E-state index is 3.94. The van der Waals surface area contributed by atoms with Gasteiger partial charge in [0.1, 0.15) is 0 Å². The Labute approximate surface area is 76.7 Å². The standard InChI is InChI=1S/C12H20/c1-7-8-10(4)12(6)11(5)9(2)3/h7-8,10H,2H2,1,3-6H3/b8-7+,12-11+. The zero-order valence-electron chi connectivity index (χ0n) is 8.94. The van der Waals surface area contributed by atoms with E-state index in [-0.39, 0.29) is 0 Å². The van der Waals surface area contributed by atoms with Crippen molar-refractivity contribution in [3.63, 3.8) is 0 Å². The van der Waals surface area contributed by atoms with Crippen LogP contribution in [0.1, 0.15) is 34.6 Å². The molecular weight excluding hydrogens is 144 g/mol. The lowest BCUT2D eigenvalue weighted by atomic mass is 9.94. The number of hydrogen-bond donors (Lipinski definition) is 0. The van der Waals surface area contributed by atoms with E-state index in [2.05, 4.69) is 53.3 Å². The van der Waals surface area contributed by atoms with Crippen molar-refractivity contribution in [3.8, 4) is 0 Å². The minimum absolute atomic E-state index is 0.534. The molecule has 0 saturated carbocycles. The van der Waals surface area contributed by atoms with Crippen LogP contribution in [0.4, 0.5) is 0 Å². The van der Waals surface area contributed by atoms with Crippen molar-refractivity contribution >= 4 is 0 Å². The lowest BCUT2D eigenvalue weighted by molar-refractivity contribution is 0.845. The van der Waals surface area contributed by atoms with E-state index in [1.165, 1.54) is 16.7 Å². The second-order valence-corrected chi connectivity index (χ2v) is 3.40. The Hall–Kier alpha value is -0.780. The molecule has 0 aromatic heterocycles. The summed E-state index contributed by atoms with van der Waals surface area (Å²) in [5.74, 6) is 0.534. The van der Waals surface area contributed by atoms with Crippen molar-refractivity contribution in [2.75, 3.05) is 0 Å². The molecule has 0 heterocycles. The maximum absolute atomic E-state index is 3.94. The smallest absolute Gasteiger partial charge is 0.00487 e. The second-order valence-electron chi connectivity index (χ2n) is 3.40. The summed E-state index contributed by atoms with van der Waals surface area (Å²) in [4.78, 5) is 0. The van der Waals surface area contributed by atoms with Crippen molar-refractivity contribution < 1.29 is 0 Å². The predicted molar refractivity (Wildman–Crippen MR) is 57.2 cm³/mol. The summed E-state index contributed by atoms with van der Waals surface area (Å²) in [6, 6.07) is 0. The van der Waals surface area contributed by atoms with Crippen LogP contribution in [-0.4, -0.2) is 0 Å². The van der Waals surface area contributed by atoms with E-state index in [1.807, 2.05) is 0 Å².